The van der Waals surface area contributed by atoms with E-state index in [2.05, 4.69) is 10.3 Å². The van der Waals surface area contributed by atoms with Crippen LogP contribution in [0.1, 0.15) is 28.1 Å². The molecule has 0 fully saturated rings. The molecule has 0 aliphatic rings. The second-order valence-corrected chi connectivity index (χ2v) is 6.79. The number of carbonyl (C=O) groups excluding carboxylic acids is 1. The molecule has 3 rings (SSSR count). The van der Waals surface area contributed by atoms with E-state index in [-0.39, 0.29) is 12.5 Å². The van der Waals surface area contributed by atoms with Crippen LogP contribution in [-0.2, 0) is 5.60 Å². The molecule has 2 aromatic heterocycles. The quantitative estimate of drug-likeness (QED) is 0.745. The summed E-state index contributed by atoms with van der Waals surface area (Å²) in [6.45, 7) is 3.46. The van der Waals surface area contributed by atoms with Crippen LogP contribution in [0.4, 0.5) is 0 Å². The predicted octanol–water partition coefficient (Wildman–Crippen LogP) is 3.35. The molecule has 0 saturated heterocycles. The summed E-state index contributed by atoms with van der Waals surface area (Å²) in [7, 11) is 0. The highest BCUT2D eigenvalue weighted by Crippen LogP contribution is 2.25. The summed E-state index contributed by atoms with van der Waals surface area (Å²) in [4.78, 5) is 17.1. The molecule has 5 nitrogen and oxygen atoms in total. The Hall–Kier alpha value is -2.44. The van der Waals surface area contributed by atoms with E-state index in [1.807, 2.05) is 30.3 Å². The van der Waals surface area contributed by atoms with E-state index in [1.54, 1.807) is 32.2 Å². The zero-order chi connectivity index (χ0) is 17.2. The standard InChI is InChI=1S/C18H18N2O3S/c1-12-8-9-15(23-12)18(2,22)11-20-16(21)14-10-19-17(24-14)13-6-4-3-5-7-13/h3-10,22H,11H2,1-2H3,(H,20,21). The Balaban J connectivity index is 1.66. The predicted molar refractivity (Wildman–Crippen MR) is 92.9 cm³/mol. The molecular weight excluding hydrogens is 324 g/mol. The Morgan fingerprint density at radius 3 is 2.71 bits per heavy atom. The minimum atomic E-state index is -1.27. The van der Waals surface area contributed by atoms with Crippen molar-refractivity contribution in [2.24, 2.45) is 0 Å². The van der Waals surface area contributed by atoms with E-state index >= 15 is 0 Å². The number of nitrogens with zero attached hydrogens (tertiary/aromatic N) is 1. The van der Waals surface area contributed by atoms with Gasteiger partial charge in [-0.3, -0.25) is 4.79 Å². The van der Waals surface area contributed by atoms with Crippen LogP contribution in [0.2, 0.25) is 0 Å². The number of hydrogen-bond donors (Lipinski definition) is 2. The van der Waals surface area contributed by atoms with Crippen molar-refractivity contribution >= 4 is 17.2 Å². The van der Waals surface area contributed by atoms with E-state index in [9.17, 15) is 9.90 Å². The number of hydrogen-bond acceptors (Lipinski definition) is 5. The maximum Gasteiger partial charge on any atom is 0.263 e. The van der Waals surface area contributed by atoms with Crippen molar-refractivity contribution in [3.8, 4) is 10.6 Å². The van der Waals surface area contributed by atoms with Crippen LogP contribution in [0.5, 0.6) is 0 Å². The van der Waals surface area contributed by atoms with Crippen molar-refractivity contribution in [2.75, 3.05) is 6.54 Å². The SMILES string of the molecule is Cc1ccc(C(C)(O)CNC(=O)c2cnc(-c3ccccc3)s2)o1. The Labute approximate surface area is 144 Å². The van der Waals surface area contributed by atoms with Crippen LogP contribution in [0.3, 0.4) is 0 Å². The zero-order valence-electron chi connectivity index (χ0n) is 13.4. The van der Waals surface area contributed by atoms with Gasteiger partial charge in [0, 0.05) is 5.56 Å². The minimum absolute atomic E-state index is 0.0529. The smallest absolute Gasteiger partial charge is 0.263 e. The average molecular weight is 342 g/mol. The van der Waals surface area contributed by atoms with Crippen LogP contribution < -0.4 is 5.32 Å². The van der Waals surface area contributed by atoms with Crippen LogP contribution in [0.25, 0.3) is 10.6 Å². The van der Waals surface area contributed by atoms with E-state index in [0.29, 0.717) is 16.4 Å². The molecular formula is C18H18N2O3S. The molecule has 2 heterocycles. The van der Waals surface area contributed by atoms with Crippen molar-refractivity contribution in [3.63, 3.8) is 0 Å². The van der Waals surface area contributed by atoms with Gasteiger partial charge in [0.15, 0.2) is 0 Å². The lowest BCUT2D eigenvalue weighted by atomic mass is 10.0. The molecule has 0 aliphatic carbocycles. The number of amides is 1. The number of benzene rings is 1. The molecule has 124 valence electrons. The molecule has 0 aliphatic heterocycles. The molecule has 0 bridgehead atoms. The summed E-state index contributed by atoms with van der Waals surface area (Å²) < 4.78 is 5.44. The fraction of sp³-hybridized carbons (Fsp3) is 0.222. The van der Waals surface area contributed by atoms with Gasteiger partial charge in [-0.25, -0.2) is 4.98 Å². The topological polar surface area (TPSA) is 75.4 Å². The van der Waals surface area contributed by atoms with Gasteiger partial charge >= 0.3 is 0 Å². The molecule has 1 unspecified atom stereocenters. The van der Waals surface area contributed by atoms with Crippen molar-refractivity contribution in [1.82, 2.24) is 10.3 Å². The Morgan fingerprint density at radius 1 is 1.29 bits per heavy atom. The van der Waals surface area contributed by atoms with E-state index in [4.69, 9.17) is 4.42 Å². The van der Waals surface area contributed by atoms with Crippen molar-refractivity contribution < 1.29 is 14.3 Å². The Kier molecular flexibility index (Phi) is 4.51. The van der Waals surface area contributed by atoms with Gasteiger partial charge in [0.25, 0.3) is 5.91 Å². The van der Waals surface area contributed by atoms with E-state index < -0.39 is 5.60 Å². The van der Waals surface area contributed by atoms with Crippen LogP contribution in [-0.4, -0.2) is 22.5 Å². The summed E-state index contributed by atoms with van der Waals surface area (Å²) in [5, 5.41) is 14.0. The van der Waals surface area contributed by atoms with Gasteiger partial charge in [0.2, 0.25) is 0 Å². The summed E-state index contributed by atoms with van der Waals surface area (Å²) in [6, 6.07) is 13.2. The van der Waals surface area contributed by atoms with Gasteiger partial charge < -0.3 is 14.8 Å². The number of aromatic nitrogens is 1. The van der Waals surface area contributed by atoms with Crippen LogP contribution in [0, 0.1) is 6.92 Å². The van der Waals surface area contributed by atoms with E-state index in [1.165, 1.54) is 11.3 Å². The largest absolute Gasteiger partial charge is 0.463 e. The van der Waals surface area contributed by atoms with Gasteiger partial charge in [0.05, 0.1) is 12.7 Å². The van der Waals surface area contributed by atoms with Gasteiger partial charge in [-0.2, -0.15) is 0 Å². The monoisotopic (exact) mass is 342 g/mol. The number of aryl methyl sites for hydroxylation is 1. The molecule has 0 radical (unpaired) electrons. The highest BCUT2D eigenvalue weighted by Gasteiger charge is 2.28. The maximum absolute atomic E-state index is 12.3. The number of furan rings is 1. The minimum Gasteiger partial charge on any atom is -0.463 e. The zero-order valence-corrected chi connectivity index (χ0v) is 14.3. The van der Waals surface area contributed by atoms with Gasteiger partial charge in [-0.1, -0.05) is 30.3 Å². The fourth-order valence-corrected chi connectivity index (χ4v) is 3.08. The summed E-state index contributed by atoms with van der Waals surface area (Å²) >= 11 is 1.32. The molecule has 6 heteroatoms. The normalized spacial score (nSPS) is 13.5. The third-order valence-corrected chi connectivity index (χ3v) is 4.66. The first kappa shape index (κ1) is 16.4. The van der Waals surface area contributed by atoms with Gasteiger partial charge in [0.1, 0.15) is 27.0 Å². The number of nitrogens with one attached hydrogen (secondary N) is 1. The lowest BCUT2D eigenvalue weighted by Crippen LogP contribution is -2.38. The van der Waals surface area contributed by atoms with Crippen LogP contribution in [0.15, 0.2) is 53.1 Å². The summed E-state index contributed by atoms with van der Waals surface area (Å²) in [6.07, 6.45) is 1.55. The maximum atomic E-state index is 12.3. The molecule has 24 heavy (non-hydrogen) atoms. The number of thiazole rings is 1. The van der Waals surface area contributed by atoms with Crippen molar-refractivity contribution in [2.45, 2.75) is 19.4 Å². The Morgan fingerprint density at radius 2 is 2.04 bits per heavy atom. The first-order chi connectivity index (χ1) is 11.5. The third-order valence-electron chi connectivity index (χ3n) is 3.61. The number of aliphatic hydroxyl groups is 1. The molecule has 1 atom stereocenters. The molecule has 2 N–H and O–H groups in total. The molecule has 0 spiro atoms. The summed E-state index contributed by atoms with van der Waals surface area (Å²) in [5.74, 6) is 0.874. The molecule has 0 saturated carbocycles. The molecule has 3 aromatic rings. The van der Waals surface area contributed by atoms with E-state index in [0.717, 1.165) is 10.6 Å². The second-order valence-electron chi connectivity index (χ2n) is 5.76. The second kappa shape index (κ2) is 6.59. The summed E-state index contributed by atoms with van der Waals surface area (Å²) in [5.41, 5.74) is -0.295. The van der Waals surface area contributed by atoms with Crippen molar-refractivity contribution in [3.05, 3.63) is 65.1 Å². The first-order valence-corrected chi connectivity index (χ1v) is 8.36. The van der Waals surface area contributed by atoms with Gasteiger partial charge in [-0.15, -0.1) is 11.3 Å². The van der Waals surface area contributed by atoms with Crippen molar-refractivity contribution in [1.29, 1.82) is 0 Å². The number of rotatable bonds is 5. The average Bonchev–Trinajstić information content (AvgIpc) is 3.23. The highest BCUT2D eigenvalue weighted by atomic mass is 32.1. The lowest BCUT2D eigenvalue weighted by molar-refractivity contribution is 0.0324. The third kappa shape index (κ3) is 3.55. The fourth-order valence-electron chi connectivity index (χ4n) is 2.24. The van der Waals surface area contributed by atoms with Gasteiger partial charge in [-0.05, 0) is 26.0 Å². The highest BCUT2D eigenvalue weighted by molar-refractivity contribution is 7.16. The number of carbonyl (C=O) groups is 1. The molecule has 1 amide bonds. The molecule has 1 aromatic carbocycles. The van der Waals surface area contributed by atoms with Crippen LogP contribution >= 0.6 is 11.3 Å². The Bertz CT molecular complexity index is 837. The lowest BCUT2D eigenvalue weighted by Gasteiger charge is -2.20. The first-order valence-electron chi connectivity index (χ1n) is 7.54.